The van der Waals surface area contributed by atoms with Crippen molar-refractivity contribution < 1.29 is 19.2 Å². The Morgan fingerprint density at radius 2 is 1.71 bits per heavy atom. The van der Waals surface area contributed by atoms with Gasteiger partial charge in [0.2, 0.25) is 0 Å². The van der Waals surface area contributed by atoms with Crippen LogP contribution in [0.3, 0.4) is 0 Å². The highest BCUT2D eigenvalue weighted by Crippen LogP contribution is 2.37. The van der Waals surface area contributed by atoms with Gasteiger partial charge < -0.3 is 14.5 Å². The zero-order valence-electron chi connectivity index (χ0n) is 11.7. The second-order valence-corrected chi connectivity index (χ2v) is 5.40. The van der Waals surface area contributed by atoms with Gasteiger partial charge in [0.05, 0.1) is 0 Å². The van der Waals surface area contributed by atoms with Crippen molar-refractivity contribution in [3.63, 3.8) is 0 Å². The molecular weight excluding hydrogens is 272 g/mol. The molecule has 2 aliphatic heterocycles. The highest BCUT2D eigenvalue weighted by molar-refractivity contribution is 5.73. The summed E-state index contributed by atoms with van der Waals surface area (Å²) in [5.74, 6) is 0. The number of nitrogens with zero attached hydrogens (tertiary/aromatic N) is 1. The van der Waals surface area contributed by atoms with Crippen molar-refractivity contribution in [3.8, 4) is 0 Å². The van der Waals surface area contributed by atoms with E-state index in [1.807, 2.05) is 35.8 Å². The lowest BCUT2D eigenvalue weighted by Crippen LogP contribution is -2.40. The van der Waals surface area contributed by atoms with E-state index in [0.29, 0.717) is 0 Å². The Bertz CT molecular complexity index is 500. The van der Waals surface area contributed by atoms with E-state index in [-0.39, 0.29) is 18.7 Å². The third-order valence-electron chi connectivity index (χ3n) is 4.10. The zero-order valence-corrected chi connectivity index (χ0v) is 11.7. The predicted molar refractivity (Wildman–Crippen MR) is 74.1 cm³/mol. The Morgan fingerprint density at radius 1 is 1.10 bits per heavy atom. The zero-order chi connectivity index (χ0) is 14.7. The number of hydroxylamine groups is 1. The van der Waals surface area contributed by atoms with E-state index in [1.54, 1.807) is 4.90 Å². The number of amides is 2. The van der Waals surface area contributed by atoms with E-state index in [9.17, 15) is 9.59 Å². The van der Waals surface area contributed by atoms with Crippen LogP contribution in [0.1, 0.15) is 31.2 Å². The molecule has 21 heavy (non-hydrogen) atoms. The van der Waals surface area contributed by atoms with Crippen molar-refractivity contribution >= 4 is 12.2 Å². The average molecular weight is 290 g/mol. The third-order valence-corrected chi connectivity index (χ3v) is 4.10. The molecule has 1 N–H and O–H groups in total. The number of benzene rings is 1. The Balaban J connectivity index is 1.41. The van der Waals surface area contributed by atoms with Crippen molar-refractivity contribution in [2.24, 2.45) is 0 Å². The van der Waals surface area contributed by atoms with Crippen molar-refractivity contribution in [2.45, 2.75) is 44.4 Å². The first-order chi connectivity index (χ1) is 10.2. The number of hydrogen-bond donors (Lipinski definition) is 1. The lowest BCUT2D eigenvalue weighted by atomic mass is 10.0. The van der Waals surface area contributed by atoms with E-state index >= 15 is 0 Å². The summed E-state index contributed by atoms with van der Waals surface area (Å²) in [5.41, 5.74) is 2.92. The molecule has 0 atom stereocenters. The van der Waals surface area contributed by atoms with Crippen LogP contribution in [0.25, 0.3) is 0 Å². The molecule has 0 aliphatic carbocycles. The van der Waals surface area contributed by atoms with E-state index < -0.39 is 12.2 Å². The van der Waals surface area contributed by atoms with Crippen LogP contribution in [0.5, 0.6) is 0 Å². The van der Waals surface area contributed by atoms with Gasteiger partial charge in [-0.25, -0.2) is 9.59 Å². The number of hydrogen-bond acceptors (Lipinski definition) is 4. The molecule has 6 nitrogen and oxygen atoms in total. The molecule has 0 saturated carbocycles. The summed E-state index contributed by atoms with van der Waals surface area (Å²) in [4.78, 5) is 30.0. The van der Waals surface area contributed by atoms with Crippen LogP contribution in [0, 0.1) is 0 Å². The Hall–Kier alpha value is -2.24. The molecule has 2 amide bonds. The van der Waals surface area contributed by atoms with Crippen molar-refractivity contribution in [1.29, 1.82) is 0 Å². The van der Waals surface area contributed by atoms with E-state index in [4.69, 9.17) is 9.57 Å². The molecule has 0 radical (unpaired) electrons. The highest BCUT2D eigenvalue weighted by Gasteiger charge is 2.43. The first kappa shape index (κ1) is 13.7. The van der Waals surface area contributed by atoms with Crippen molar-refractivity contribution in [1.82, 2.24) is 10.4 Å². The van der Waals surface area contributed by atoms with Crippen LogP contribution < -0.4 is 5.48 Å². The summed E-state index contributed by atoms with van der Waals surface area (Å²) in [6.45, 7) is 0.138. The second-order valence-electron chi connectivity index (χ2n) is 5.40. The fourth-order valence-electron chi connectivity index (χ4n) is 3.10. The fourth-order valence-corrected chi connectivity index (χ4v) is 3.10. The van der Waals surface area contributed by atoms with Gasteiger partial charge >= 0.3 is 12.2 Å². The van der Waals surface area contributed by atoms with Gasteiger partial charge in [-0.3, -0.25) is 0 Å². The number of carbonyl (C=O) groups is 2. The van der Waals surface area contributed by atoms with E-state index in [2.05, 4.69) is 0 Å². The minimum atomic E-state index is -0.765. The number of ether oxygens (including phenoxy) is 1. The molecule has 3 rings (SSSR count). The second kappa shape index (κ2) is 6.03. The number of nitrogens with one attached hydrogen (secondary N) is 1. The predicted octanol–water partition coefficient (Wildman–Crippen LogP) is 2.59. The van der Waals surface area contributed by atoms with Crippen LogP contribution in [0.2, 0.25) is 0 Å². The molecule has 6 heteroatoms. The molecule has 2 saturated heterocycles. The van der Waals surface area contributed by atoms with Gasteiger partial charge in [-0.1, -0.05) is 30.3 Å². The molecule has 0 aromatic heterocycles. The molecular formula is C15H18N2O4. The highest BCUT2D eigenvalue weighted by atomic mass is 16.7. The van der Waals surface area contributed by atoms with Crippen LogP contribution >= 0.6 is 0 Å². The number of fused-ring (bicyclic) bond motifs is 2. The summed E-state index contributed by atoms with van der Waals surface area (Å²) < 4.78 is 4.96. The van der Waals surface area contributed by atoms with E-state index in [0.717, 1.165) is 31.2 Å². The van der Waals surface area contributed by atoms with Gasteiger partial charge in [0.1, 0.15) is 6.61 Å². The number of carbonyl (C=O) groups excluding carboxylic acids is 2. The van der Waals surface area contributed by atoms with Gasteiger partial charge in [-0.15, -0.1) is 5.48 Å². The number of rotatable bonds is 2. The standard InChI is InChI=1S/C15H18N2O4/c18-14(20-10-11-4-2-1-3-5-11)16-21-15(19)17-12-6-7-13(17)9-8-12/h1-5,12-13H,6-10H2,(H,16,18). The summed E-state index contributed by atoms with van der Waals surface area (Å²) in [6.07, 6.45) is 2.85. The molecule has 0 spiro atoms. The van der Waals surface area contributed by atoms with Gasteiger partial charge in [0.25, 0.3) is 0 Å². The first-order valence-corrected chi connectivity index (χ1v) is 7.20. The molecule has 2 bridgehead atoms. The summed E-state index contributed by atoms with van der Waals surface area (Å²) >= 11 is 0. The SMILES string of the molecule is O=C(NOC(=O)N1C2CCC1CC2)OCc1ccccc1. The maximum absolute atomic E-state index is 11.9. The van der Waals surface area contributed by atoms with Crippen LogP contribution in [-0.4, -0.2) is 29.2 Å². The van der Waals surface area contributed by atoms with Gasteiger partial charge in [0.15, 0.2) is 0 Å². The quantitative estimate of drug-likeness (QED) is 0.850. The van der Waals surface area contributed by atoms with Crippen LogP contribution in [0.15, 0.2) is 30.3 Å². The molecule has 2 aliphatic rings. The first-order valence-electron chi connectivity index (χ1n) is 7.20. The average Bonchev–Trinajstić information content (AvgIpc) is 3.12. The summed E-state index contributed by atoms with van der Waals surface area (Å²) in [5, 5.41) is 0. The molecule has 2 fully saturated rings. The smallest absolute Gasteiger partial charge is 0.441 e. The van der Waals surface area contributed by atoms with Crippen molar-refractivity contribution in [2.75, 3.05) is 0 Å². The largest absolute Gasteiger partial charge is 0.443 e. The molecule has 2 heterocycles. The maximum Gasteiger partial charge on any atom is 0.441 e. The monoisotopic (exact) mass is 290 g/mol. The van der Waals surface area contributed by atoms with Gasteiger partial charge in [-0.2, -0.15) is 0 Å². The summed E-state index contributed by atoms with van der Waals surface area (Å²) in [7, 11) is 0. The fraction of sp³-hybridized carbons (Fsp3) is 0.467. The third kappa shape index (κ3) is 3.09. The Kier molecular flexibility index (Phi) is 3.94. The van der Waals surface area contributed by atoms with Gasteiger partial charge in [0, 0.05) is 12.1 Å². The minimum absolute atomic E-state index is 0.138. The molecule has 112 valence electrons. The molecule has 0 unspecified atom stereocenters. The molecule has 1 aromatic carbocycles. The van der Waals surface area contributed by atoms with Crippen LogP contribution in [0.4, 0.5) is 9.59 Å². The lowest BCUT2D eigenvalue weighted by molar-refractivity contribution is 0.0369. The topological polar surface area (TPSA) is 67.9 Å². The van der Waals surface area contributed by atoms with Crippen molar-refractivity contribution in [3.05, 3.63) is 35.9 Å². The van der Waals surface area contributed by atoms with Crippen LogP contribution in [-0.2, 0) is 16.2 Å². The van der Waals surface area contributed by atoms with Gasteiger partial charge in [-0.05, 0) is 31.2 Å². The Labute approximate surface area is 123 Å². The summed E-state index contributed by atoms with van der Waals surface area (Å²) in [6, 6.07) is 9.84. The lowest BCUT2D eigenvalue weighted by Gasteiger charge is -2.20. The van der Waals surface area contributed by atoms with E-state index in [1.165, 1.54) is 0 Å². The normalized spacial score (nSPS) is 23.0. The minimum Gasteiger partial charge on any atom is -0.443 e. The maximum atomic E-state index is 11.9. The molecule has 1 aromatic rings. The Morgan fingerprint density at radius 3 is 2.33 bits per heavy atom.